The highest BCUT2D eigenvalue weighted by molar-refractivity contribution is 7.95. The first-order chi connectivity index (χ1) is 10.9. The minimum absolute atomic E-state index is 0.0452. The maximum absolute atomic E-state index is 12.3. The summed E-state index contributed by atoms with van der Waals surface area (Å²) in [5.74, 6) is -0.959. The predicted octanol–water partition coefficient (Wildman–Crippen LogP) is 3.63. The number of hydrogen-bond donors (Lipinski definition) is 0. The molecule has 0 aliphatic carbocycles. The second-order valence-electron chi connectivity index (χ2n) is 5.89. The third-order valence-corrected chi connectivity index (χ3v) is 3.18. The second kappa shape index (κ2) is 8.00. The van der Waals surface area contributed by atoms with Crippen LogP contribution in [0.4, 0.5) is 18.0 Å². The molecule has 1 heterocycles. The largest absolute Gasteiger partial charge is 0.479 e. The number of hydrogen-bond acceptors (Lipinski definition) is 6. The zero-order valence-corrected chi connectivity index (χ0v) is 14.7. The fourth-order valence-electron chi connectivity index (χ4n) is 1.81. The Kier molecular flexibility index (Phi) is 6.82. The Morgan fingerprint density at radius 2 is 1.88 bits per heavy atom. The van der Waals surface area contributed by atoms with E-state index in [2.05, 4.69) is 4.18 Å². The zero-order chi connectivity index (χ0) is 18.5. The van der Waals surface area contributed by atoms with Crippen molar-refractivity contribution < 1.29 is 36.4 Å². The monoisotopic (exact) mass is 371 g/mol. The van der Waals surface area contributed by atoms with Gasteiger partial charge in [-0.3, -0.25) is 0 Å². The predicted molar refractivity (Wildman–Crippen MR) is 80.8 cm³/mol. The number of carbonyl (C=O) groups is 2. The average molecular weight is 371 g/mol. The number of alkyl halides is 3. The Hall–Kier alpha value is -1.58. The van der Waals surface area contributed by atoms with Crippen molar-refractivity contribution in [2.24, 2.45) is 0 Å². The highest BCUT2D eigenvalue weighted by atomic mass is 32.2. The van der Waals surface area contributed by atoms with Gasteiger partial charge in [0.2, 0.25) is 0 Å². The van der Waals surface area contributed by atoms with Gasteiger partial charge in [0, 0.05) is 13.0 Å². The summed E-state index contributed by atoms with van der Waals surface area (Å²) in [4.78, 5) is 25.2. The van der Waals surface area contributed by atoms with Gasteiger partial charge in [-0.15, -0.1) is 0 Å². The maximum atomic E-state index is 12.3. The first-order valence-corrected chi connectivity index (χ1v) is 7.96. The third kappa shape index (κ3) is 6.90. The van der Waals surface area contributed by atoms with Crippen molar-refractivity contribution in [2.75, 3.05) is 19.7 Å². The molecule has 0 radical (unpaired) electrons. The summed E-state index contributed by atoms with van der Waals surface area (Å²) >= 11 is -0.701. The molecule has 1 amide bonds. The van der Waals surface area contributed by atoms with Crippen LogP contribution in [0.15, 0.2) is 11.3 Å². The SMILES string of the molecule is CCOC(=O)C1=C(OSC(F)(F)F)CCN(C(=O)OC(C)(C)C)C1. The molecule has 0 aromatic rings. The highest BCUT2D eigenvalue weighted by Crippen LogP contribution is 2.35. The molecular formula is C14H20F3NO5S. The van der Waals surface area contributed by atoms with Gasteiger partial charge in [-0.25, -0.2) is 9.59 Å². The molecule has 24 heavy (non-hydrogen) atoms. The second-order valence-corrected chi connectivity index (χ2v) is 6.68. The molecule has 0 bridgehead atoms. The van der Waals surface area contributed by atoms with Crippen molar-refractivity contribution in [3.63, 3.8) is 0 Å². The molecule has 0 saturated heterocycles. The van der Waals surface area contributed by atoms with Crippen LogP contribution < -0.4 is 0 Å². The molecule has 0 saturated carbocycles. The van der Waals surface area contributed by atoms with Gasteiger partial charge in [0.15, 0.2) is 12.0 Å². The van der Waals surface area contributed by atoms with E-state index in [1.165, 1.54) is 4.90 Å². The van der Waals surface area contributed by atoms with Crippen LogP contribution in [0, 0.1) is 0 Å². The van der Waals surface area contributed by atoms with Crippen LogP contribution in [0.25, 0.3) is 0 Å². The number of ether oxygens (including phenoxy) is 2. The lowest BCUT2D eigenvalue weighted by molar-refractivity contribution is -0.139. The fraction of sp³-hybridized carbons (Fsp3) is 0.714. The van der Waals surface area contributed by atoms with Gasteiger partial charge < -0.3 is 18.6 Å². The molecule has 0 unspecified atom stereocenters. The summed E-state index contributed by atoms with van der Waals surface area (Å²) in [5, 5.41) is 0. The quantitative estimate of drug-likeness (QED) is 0.555. The fourth-order valence-corrected chi connectivity index (χ4v) is 2.19. The lowest BCUT2D eigenvalue weighted by Crippen LogP contribution is -2.42. The molecule has 0 fully saturated rings. The van der Waals surface area contributed by atoms with E-state index in [4.69, 9.17) is 9.47 Å². The molecule has 0 atom stereocenters. The summed E-state index contributed by atoms with van der Waals surface area (Å²) in [6, 6.07) is 0. The van der Waals surface area contributed by atoms with Crippen molar-refractivity contribution in [2.45, 2.75) is 45.2 Å². The van der Waals surface area contributed by atoms with Crippen molar-refractivity contribution in [3.05, 3.63) is 11.3 Å². The van der Waals surface area contributed by atoms with Gasteiger partial charge >= 0.3 is 17.6 Å². The maximum Gasteiger partial charge on any atom is 0.479 e. The number of carbonyl (C=O) groups excluding carboxylic acids is 2. The summed E-state index contributed by atoms with van der Waals surface area (Å²) < 4.78 is 51.6. The Balaban J connectivity index is 2.91. The van der Waals surface area contributed by atoms with Crippen LogP contribution in [-0.2, 0) is 18.5 Å². The molecule has 0 aromatic heterocycles. The molecule has 6 nitrogen and oxygen atoms in total. The minimum atomic E-state index is -4.60. The van der Waals surface area contributed by atoms with Crippen LogP contribution in [-0.4, -0.2) is 47.8 Å². The van der Waals surface area contributed by atoms with Crippen molar-refractivity contribution in [1.82, 2.24) is 4.90 Å². The lowest BCUT2D eigenvalue weighted by atomic mass is 10.1. The van der Waals surface area contributed by atoms with Crippen LogP contribution in [0.5, 0.6) is 0 Å². The molecule has 1 aliphatic rings. The van der Waals surface area contributed by atoms with Gasteiger partial charge in [0.1, 0.15) is 11.4 Å². The molecule has 1 rings (SSSR count). The van der Waals surface area contributed by atoms with Gasteiger partial charge in [0.05, 0.1) is 18.7 Å². The van der Waals surface area contributed by atoms with Gasteiger partial charge in [-0.05, 0) is 27.7 Å². The van der Waals surface area contributed by atoms with Gasteiger partial charge in [0.25, 0.3) is 0 Å². The van der Waals surface area contributed by atoms with E-state index in [1.807, 2.05) is 0 Å². The van der Waals surface area contributed by atoms with E-state index in [9.17, 15) is 22.8 Å². The summed E-state index contributed by atoms with van der Waals surface area (Å²) in [6.07, 6.45) is -0.706. The molecule has 1 aliphatic heterocycles. The molecule has 0 N–H and O–H groups in total. The van der Waals surface area contributed by atoms with E-state index in [0.717, 1.165) is 0 Å². The third-order valence-electron chi connectivity index (χ3n) is 2.70. The zero-order valence-electron chi connectivity index (χ0n) is 13.9. The molecular weight excluding hydrogens is 351 g/mol. The van der Waals surface area contributed by atoms with E-state index in [0.29, 0.717) is 0 Å². The topological polar surface area (TPSA) is 65.1 Å². The number of nitrogens with zero attached hydrogens (tertiary/aromatic N) is 1. The summed E-state index contributed by atoms with van der Waals surface area (Å²) in [6.45, 7) is 6.52. The number of amides is 1. The number of esters is 1. The smallest absolute Gasteiger partial charge is 0.462 e. The van der Waals surface area contributed by atoms with Crippen molar-refractivity contribution in [1.29, 1.82) is 0 Å². The Bertz CT molecular complexity index is 514. The molecule has 10 heteroatoms. The van der Waals surface area contributed by atoms with E-state index >= 15 is 0 Å². The standard InChI is InChI=1S/C14H20F3NO5S/c1-5-21-11(19)9-8-18(12(20)22-13(2,3)4)7-6-10(9)23-24-14(15,16)17/h5-8H2,1-4H3. The first kappa shape index (κ1) is 20.5. The van der Waals surface area contributed by atoms with Crippen LogP contribution in [0.3, 0.4) is 0 Å². The van der Waals surface area contributed by atoms with Crippen LogP contribution in [0.1, 0.15) is 34.1 Å². The van der Waals surface area contributed by atoms with Crippen molar-refractivity contribution in [3.8, 4) is 0 Å². The van der Waals surface area contributed by atoms with E-state index < -0.39 is 35.2 Å². The van der Waals surface area contributed by atoms with Gasteiger partial charge in [-0.1, -0.05) is 0 Å². The van der Waals surface area contributed by atoms with E-state index in [-0.39, 0.29) is 37.4 Å². The first-order valence-electron chi connectivity index (χ1n) is 7.22. The lowest BCUT2D eigenvalue weighted by Gasteiger charge is -2.31. The molecule has 0 spiro atoms. The number of halogens is 3. The average Bonchev–Trinajstić information content (AvgIpc) is 2.42. The Morgan fingerprint density at radius 1 is 1.25 bits per heavy atom. The van der Waals surface area contributed by atoms with Crippen LogP contribution >= 0.6 is 12.0 Å². The van der Waals surface area contributed by atoms with E-state index in [1.54, 1.807) is 27.7 Å². The van der Waals surface area contributed by atoms with Gasteiger partial charge in [-0.2, -0.15) is 13.2 Å². The Morgan fingerprint density at radius 3 is 2.38 bits per heavy atom. The van der Waals surface area contributed by atoms with Crippen molar-refractivity contribution >= 4 is 24.1 Å². The van der Waals surface area contributed by atoms with Crippen LogP contribution in [0.2, 0.25) is 0 Å². The minimum Gasteiger partial charge on any atom is -0.462 e. The highest BCUT2D eigenvalue weighted by Gasteiger charge is 2.36. The number of rotatable bonds is 4. The Labute approximate surface area is 142 Å². The summed E-state index contributed by atoms with van der Waals surface area (Å²) in [7, 11) is 0. The molecule has 0 aromatic carbocycles. The normalized spacial score (nSPS) is 16.0. The summed E-state index contributed by atoms with van der Waals surface area (Å²) in [5.41, 5.74) is -5.45. The molecule has 138 valence electrons.